The molecule has 0 bridgehead atoms. The maximum Gasteiger partial charge on any atom is 0.167 e. The van der Waals surface area contributed by atoms with Crippen LogP contribution in [0.1, 0.15) is 12.6 Å². The van der Waals surface area contributed by atoms with Crippen molar-refractivity contribution in [3.05, 3.63) is 23.9 Å². The molecule has 0 saturated heterocycles. The van der Waals surface area contributed by atoms with Gasteiger partial charge >= 0.3 is 0 Å². The lowest BCUT2D eigenvalue weighted by Gasteiger charge is -2.01. The van der Waals surface area contributed by atoms with Crippen LogP contribution >= 0.6 is 0 Å². The molecule has 2 N–H and O–H groups in total. The first-order valence-corrected chi connectivity index (χ1v) is 5.08. The molecule has 0 aliphatic heterocycles. The number of aliphatic hydroxyl groups excluding tert-OH is 1. The zero-order valence-corrected chi connectivity index (χ0v) is 8.66. The van der Waals surface area contributed by atoms with Crippen LogP contribution in [0.15, 0.2) is 22.7 Å². The molecule has 0 atom stereocenters. The van der Waals surface area contributed by atoms with E-state index in [1.165, 1.54) is 0 Å². The van der Waals surface area contributed by atoms with Gasteiger partial charge in [0.2, 0.25) is 0 Å². The van der Waals surface area contributed by atoms with Crippen molar-refractivity contribution in [1.29, 1.82) is 0 Å². The molecule has 1 aromatic carbocycles. The Hall–Kier alpha value is -1.55. The molecule has 0 fully saturated rings. The summed E-state index contributed by atoms with van der Waals surface area (Å²) in [5.41, 5.74) is 2.62. The number of benzene rings is 1. The fourth-order valence-electron chi connectivity index (χ4n) is 1.59. The first-order valence-electron chi connectivity index (χ1n) is 5.08. The number of fused-ring (bicyclic) bond motifs is 1. The van der Waals surface area contributed by atoms with Gasteiger partial charge in [-0.25, -0.2) is 0 Å². The van der Waals surface area contributed by atoms with Crippen molar-refractivity contribution in [1.82, 2.24) is 5.16 Å². The molecule has 0 spiro atoms. The average molecular weight is 206 g/mol. The molecule has 0 radical (unpaired) electrons. The molecule has 80 valence electrons. The second-order valence-electron chi connectivity index (χ2n) is 3.34. The van der Waals surface area contributed by atoms with E-state index < -0.39 is 0 Å². The summed E-state index contributed by atoms with van der Waals surface area (Å²) in [6.45, 7) is 3.02. The monoisotopic (exact) mass is 206 g/mol. The van der Waals surface area contributed by atoms with E-state index in [4.69, 9.17) is 9.63 Å². The topological polar surface area (TPSA) is 58.3 Å². The van der Waals surface area contributed by atoms with Gasteiger partial charge in [-0.3, -0.25) is 0 Å². The van der Waals surface area contributed by atoms with Gasteiger partial charge in [0, 0.05) is 30.6 Å². The number of rotatable bonds is 4. The van der Waals surface area contributed by atoms with E-state index in [0.29, 0.717) is 6.42 Å². The number of anilines is 1. The molecular formula is C11H14N2O2. The average Bonchev–Trinajstić information content (AvgIpc) is 2.63. The number of hydrogen-bond acceptors (Lipinski definition) is 4. The van der Waals surface area contributed by atoms with Crippen molar-refractivity contribution < 1.29 is 9.63 Å². The number of hydrogen-bond donors (Lipinski definition) is 2. The van der Waals surface area contributed by atoms with Crippen LogP contribution in [0.4, 0.5) is 5.69 Å². The number of nitrogens with one attached hydrogen (secondary N) is 1. The maximum absolute atomic E-state index is 8.87. The Labute approximate surface area is 87.9 Å². The highest BCUT2D eigenvalue weighted by molar-refractivity contribution is 5.83. The normalized spacial score (nSPS) is 10.8. The molecular weight excluding hydrogens is 192 g/mol. The molecule has 1 heterocycles. The van der Waals surface area contributed by atoms with Crippen LogP contribution in [-0.2, 0) is 6.42 Å². The first kappa shape index (κ1) is 9.98. The Morgan fingerprint density at radius 1 is 1.47 bits per heavy atom. The zero-order chi connectivity index (χ0) is 10.7. The second-order valence-corrected chi connectivity index (χ2v) is 3.34. The second kappa shape index (κ2) is 4.31. The van der Waals surface area contributed by atoms with Gasteiger partial charge in [0.1, 0.15) is 0 Å². The predicted molar refractivity (Wildman–Crippen MR) is 59.0 cm³/mol. The lowest BCUT2D eigenvalue weighted by atomic mass is 10.1. The van der Waals surface area contributed by atoms with E-state index in [-0.39, 0.29) is 6.61 Å². The van der Waals surface area contributed by atoms with E-state index >= 15 is 0 Å². The largest absolute Gasteiger partial charge is 0.396 e. The van der Waals surface area contributed by atoms with Crippen LogP contribution in [0.2, 0.25) is 0 Å². The molecule has 4 nitrogen and oxygen atoms in total. The fourth-order valence-corrected chi connectivity index (χ4v) is 1.59. The van der Waals surface area contributed by atoms with Gasteiger partial charge in [-0.05, 0) is 25.1 Å². The van der Waals surface area contributed by atoms with Gasteiger partial charge in [-0.2, -0.15) is 0 Å². The molecule has 1 aromatic heterocycles. The number of aliphatic hydroxyl groups is 1. The quantitative estimate of drug-likeness (QED) is 0.800. The SMILES string of the molecule is CCNc1ccc2onc(CCO)c2c1. The van der Waals surface area contributed by atoms with Crippen LogP contribution in [0.5, 0.6) is 0 Å². The fraction of sp³-hybridized carbons (Fsp3) is 0.364. The minimum atomic E-state index is 0.0903. The molecule has 0 amide bonds. The van der Waals surface area contributed by atoms with Gasteiger partial charge in [0.05, 0.1) is 5.69 Å². The Bertz CT molecular complexity index is 451. The van der Waals surface area contributed by atoms with Crippen molar-refractivity contribution in [3.8, 4) is 0 Å². The van der Waals surface area contributed by atoms with Crippen molar-refractivity contribution >= 4 is 16.7 Å². The standard InChI is InChI=1S/C11H14N2O2/c1-2-12-8-3-4-11-9(7-8)10(5-6-14)13-15-11/h3-4,7,12,14H,2,5-6H2,1H3. The van der Waals surface area contributed by atoms with E-state index in [9.17, 15) is 0 Å². The van der Waals surface area contributed by atoms with Crippen LogP contribution < -0.4 is 5.32 Å². The summed E-state index contributed by atoms with van der Waals surface area (Å²) in [6.07, 6.45) is 0.530. The molecule has 0 unspecified atom stereocenters. The summed E-state index contributed by atoms with van der Waals surface area (Å²) in [6, 6.07) is 5.85. The highest BCUT2D eigenvalue weighted by Crippen LogP contribution is 2.22. The molecule has 2 rings (SSSR count). The molecule has 0 saturated carbocycles. The Morgan fingerprint density at radius 2 is 2.33 bits per heavy atom. The van der Waals surface area contributed by atoms with Crippen molar-refractivity contribution in [2.75, 3.05) is 18.5 Å². The van der Waals surface area contributed by atoms with E-state index in [1.807, 2.05) is 25.1 Å². The summed E-state index contributed by atoms with van der Waals surface area (Å²) in [5, 5.41) is 17.0. The summed E-state index contributed by atoms with van der Waals surface area (Å²) in [7, 11) is 0. The Balaban J connectivity index is 2.42. The summed E-state index contributed by atoms with van der Waals surface area (Å²) in [4.78, 5) is 0. The summed E-state index contributed by atoms with van der Waals surface area (Å²) in [5.74, 6) is 0. The number of aromatic nitrogens is 1. The van der Waals surface area contributed by atoms with Gasteiger partial charge in [-0.15, -0.1) is 0 Å². The van der Waals surface area contributed by atoms with Gasteiger partial charge in [0.15, 0.2) is 5.58 Å². The first-order chi connectivity index (χ1) is 7.35. The Morgan fingerprint density at radius 3 is 3.07 bits per heavy atom. The lowest BCUT2D eigenvalue weighted by Crippen LogP contribution is -1.96. The van der Waals surface area contributed by atoms with Crippen molar-refractivity contribution in [2.24, 2.45) is 0 Å². The van der Waals surface area contributed by atoms with Crippen molar-refractivity contribution in [2.45, 2.75) is 13.3 Å². The Kier molecular flexibility index (Phi) is 2.87. The number of nitrogens with zero attached hydrogens (tertiary/aromatic N) is 1. The van der Waals surface area contributed by atoms with E-state index in [0.717, 1.165) is 28.9 Å². The lowest BCUT2D eigenvalue weighted by molar-refractivity contribution is 0.295. The van der Waals surface area contributed by atoms with E-state index in [2.05, 4.69) is 10.5 Å². The molecule has 0 aliphatic carbocycles. The molecule has 0 aliphatic rings. The molecule has 15 heavy (non-hydrogen) atoms. The third kappa shape index (κ3) is 1.94. The minimum Gasteiger partial charge on any atom is -0.396 e. The summed E-state index contributed by atoms with van der Waals surface area (Å²) >= 11 is 0. The zero-order valence-electron chi connectivity index (χ0n) is 8.66. The summed E-state index contributed by atoms with van der Waals surface area (Å²) < 4.78 is 5.15. The molecule has 4 heteroatoms. The van der Waals surface area contributed by atoms with Gasteiger partial charge in [0.25, 0.3) is 0 Å². The van der Waals surface area contributed by atoms with Crippen LogP contribution in [-0.4, -0.2) is 23.4 Å². The third-order valence-corrected chi connectivity index (χ3v) is 2.27. The molecule has 2 aromatic rings. The third-order valence-electron chi connectivity index (χ3n) is 2.27. The van der Waals surface area contributed by atoms with Crippen LogP contribution in [0, 0.1) is 0 Å². The maximum atomic E-state index is 8.87. The highest BCUT2D eigenvalue weighted by Gasteiger charge is 2.07. The highest BCUT2D eigenvalue weighted by atomic mass is 16.5. The van der Waals surface area contributed by atoms with Gasteiger partial charge in [-0.1, -0.05) is 5.16 Å². The van der Waals surface area contributed by atoms with Crippen LogP contribution in [0.25, 0.3) is 11.0 Å². The van der Waals surface area contributed by atoms with Crippen LogP contribution in [0.3, 0.4) is 0 Å². The minimum absolute atomic E-state index is 0.0903. The van der Waals surface area contributed by atoms with Gasteiger partial charge < -0.3 is 14.9 Å². The predicted octanol–water partition coefficient (Wildman–Crippen LogP) is 1.79. The van der Waals surface area contributed by atoms with E-state index in [1.54, 1.807) is 0 Å². The van der Waals surface area contributed by atoms with Crippen molar-refractivity contribution in [3.63, 3.8) is 0 Å². The smallest absolute Gasteiger partial charge is 0.167 e.